The zero-order chi connectivity index (χ0) is 22.9. The second-order valence-electron chi connectivity index (χ2n) is 9.28. The van der Waals surface area contributed by atoms with Crippen LogP contribution in [0.2, 0.25) is 0 Å². The molecule has 1 amide bonds. The topological polar surface area (TPSA) is 58.6 Å². The van der Waals surface area contributed by atoms with Gasteiger partial charge in [0.1, 0.15) is 17.4 Å². The summed E-state index contributed by atoms with van der Waals surface area (Å²) in [7, 11) is 3.79. The van der Waals surface area contributed by atoms with Gasteiger partial charge in [0.2, 0.25) is 5.91 Å². The number of hydrogen-bond acceptors (Lipinski definition) is 5. The molecule has 0 bridgehead atoms. The zero-order valence-electron chi connectivity index (χ0n) is 19.8. The molecular formula is C27H32N4O2. The summed E-state index contributed by atoms with van der Waals surface area (Å²) < 4.78 is 5.56. The summed E-state index contributed by atoms with van der Waals surface area (Å²) in [6.07, 6.45) is 4.68. The Morgan fingerprint density at radius 2 is 1.91 bits per heavy atom. The standard InChI is InChI=1S/C27H32N4O2/c1-4-14-30(2)20-11-12-23-22(17-20)27(29-26(28-23)18-9-10-18)31-15-13-19(16-25(31)32)21-7-5-6-8-24(21)33-3/h5-8,11-12,17-19H,4,9-10,13-16H2,1-3H3. The number of carbonyl (C=O) groups is 1. The number of methoxy groups -OCH3 is 1. The van der Waals surface area contributed by atoms with Gasteiger partial charge < -0.3 is 9.64 Å². The number of anilines is 2. The molecule has 1 aliphatic heterocycles. The van der Waals surface area contributed by atoms with Crippen LogP contribution in [-0.4, -0.2) is 43.1 Å². The lowest BCUT2D eigenvalue weighted by Crippen LogP contribution is -2.39. The highest BCUT2D eigenvalue weighted by Gasteiger charge is 2.33. The molecule has 1 saturated heterocycles. The molecule has 6 heteroatoms. The molecule has 172 valence electrons. The molecule has 2 heterocycles. The quantitative estimate of drug-likeness (QED) is 0.497. The van der Waals surface area contributed by atoms with Crippen molar-refractivity contribution in [2.75, 3.05) is 37.0 Å². The smallest absolute Gasteiger partial charge is 0.228 e. The van der Waals surface area contributed by atoms with Crippen LogP contribution in [0.25, 0.3) is 10.9 Å². The van der Waals surface area contributed by atoms with Crippen LogP contribution in [0.3, 0.4) is 0 Å². The van der Waals surface area contributed by atoms with E-state index >= 15 is 0 Å². The average molecular weight is 445 g/mol. The van der Waals surface area contributed by atoms with Crippen molar-refractivity contribution < 1.29 is 9.53 Å². The van der Waals surface area contributed by atoms with Crippen molar-refractivity contribution in [2.45, 2.75) is 50.9 Å². The lowest BCUT2D eigenvalue weighted by atomic mass is 9.88. The predicted octanol–water partition coefficient (Wildman–Crippen LogP) is 5.27. The van der Waals surface area contributed by atoms with Crippen molar-refractivity contribution in [1.29, 1.82) is 0 Å². The second-order valence-corrected chi connectivity index (χ2v) is 9.28. The van der Waals surface area contributed by atoms with Crippen LogP contribution in [0.1, 0.15) is 62.3 Å². The average Bonchev–Trinajstić information content (AvgIpc) is 3.69. The fraction of sp³-hybridized carbons (Fsp3) is 0.444. The molecule has 3 aromatic rings. The van der Waals surface area contributed by atoms with Crippen molar-refractivity contribution in [2.24, 2.45) is 0 Å². The van der Waals surface area contributed by atoms with Crippen molar-refractivity contribution in [3.63, 3.8) is 0 Å². The van der Waals surface area contributed by atoms with Crippen LogP contribution >= 0.6 is 0 Å². The molecule has 1 atom stereocenters. The third-order valence-electron chi connectivity index (χ3n) is 6.88. The molecule has 6 nitrogen and oxygen atoms in total. The normalized spacial score (nSPS) is 18.6. The van der Waals surface area contributed by atoms with E-state index in [1.807, 2.05) is 23.1 Å². The molecule has 1 saturated carbocycles. The molecule has 0 spiro atoms. The molecule has 5 rings (SSSR count). The van der Waals surface area contributed by atoms with E-state index in [-0.39, 0.29) is 11.8 Å². The van der Waals surface area contributed by atoms with Gasteiger partial charge in [0.25, 0.3) is 0 Å². The van der Waals surface area contributed by atoms with Crippen LogP contribution in [0, 0.1) is 0 Å². The number of amides is 1. The maximum absolute atomic E-state index is 13.5. The Morgan fingerprint density at radius 3 is 2.64 bits per heavy atom. The van der Waals surface area contributed by atoms with Gasteiger partial charge in [0.15, 0.2) is 0 Å². The number of aromatic nitrogens is 2. The molecule has 0 N–H and O–H groups in total. The van der Waals surface area contributed by atoms with Crippen molar-refractivity contribution in [3.8, 4) is 5.75 Å². The van der Waals surface area contributed by atoms with Gasteiger partial charge in [-0.15, -0.1) is 0 Å². The molecular weight excluding hydrogens is 412 g/mol. The molecule has 2 aliphatic rings. The lowest BCUT2D eigenvalue weighted by Gasteiger charge is -2.32. The van der Waals surface area contributed by atoms with E-state index < -0.39 is 0 Å². The van der Waals surface area contributed by atoms with Crippen molar-refractivity contribution in [1.82, 2.24) is 9.97 Å². The fourth-order valence-corrected chi connectivity index (χ4v) is 4.88. The van der Waals surface area contributed by atoms with E-state index in [4.69, 9.17) is 14.7 Å². The summed E-state index contributed by atoms with van der Waals surface area (Å²) in [5.41, 5.74) is 3.17. The first-order valence-electron chi connectivity index (χ1n) is 12.0. The van der Waals surface area contributed by atoms with Gasteiger partial charge in [0, 0.05) is 43.5 Å². The van der Waals surface area contributed by atoms with Crippen molar-refractivity contribution >= 4 is 28.3 Å². The number of nitrogens with zero attached hydrogens (tertiary/aromatic N) is 4. The summed E-state index contributed by atoms with van der Waals surface area (Å²) in [6, 6.07) is 14.4. The minimum absolute atomic E-state index is 0.117. The van der Waals surface area contributed by atoms with E-state index in [9.17, 15) is 4.79 Å². The molecule has 1 aromatic heterocycles. The maximum atomic E-state index is 13.5. The molecule has 33 heavy (non-hydrogen) atoms. The number of ether oxygens (including phenoxy) is 1. The van der Waals surface area contributed by atoms with E-state index in [2.05, 4.69) is 43.1 Å². The maximum Gasteiger partial charge on any atom is 0.228 e. The third-order valence-corrected chi connectivity index (χ3v) is 6.88. The Kier molecular flexibility index (Phi) is 5.92. The Balaban J connectivity index is 1.50. The number of rotatable bonds is 7. The van der Waals surface area contributed by atoms with Gasteiger partial charge in [-0.25, -0.2) is 9.97 Å². The van der Waals surface area contributed by atoms with Crippen molar-refractivity contribution in [3.05, 3.63) is 53.9 Å². The fourth-order valence-electron chi connectivity index (χ4n) is 4.88. The number of para-hydroxylation sites is 1. The highest BCUT2D eigenvalue weighted by molar-refractivity contribution is 6.02. The zero-order valence-corrected chi connectivity index (χ0v) is 19.8. The summed E-state index contributed by atoms with van der Waals surface area (Å²) in [4.78, 5) is 27.4. The third kappa shape index (κ3) is 4.26. The molecule has 2 aromatic carbocycles. The number of piperidine rings is 1. The second kappa shape index (κ2) is 9.00. The minimum atomic E-state index is 0.117. The largest absolute Gasteiger partial charge is 0.496 e. The van der Waals surface area contributed by atoms with Crippen LogP contribution in [0.5, 0.6) is 5.75 Å². The van der Waals surface area contributed by atoms with Gasteiger partial charge in [-0.05, 0) is 61.4 Å². The molecule has 2 fully saturated rings. The minimum Gasteiger partial charge on any atom is -0.496 e. The van der Waals surface area contributed by atoms with Crippen LogP contribution < -0.4 is 14.5 Å². The Bertz CT molecular complexity index is 1170. The van der Waals surface area contributed by atoms with Gasteiger partial charge in [-0.3, -0.25) is 9.69 Å². The number of carbonyl (C=O) groups excluding carboxylic acids is 1. The highest BCUT2D eigenvalue weighted by Crippen LogP contribution is 2.42. The summed E-state index contributed by atoms with van der Waals surface area (Å²) >= 11 is 0. The Labute approximate surface area is 195 Å². The lowest BCUT2D eigenvalue weighted by molar-refractivity contribution is -0.120. The van der Waals surface area contributed by atoms with E-state index in [1.165, 1.54) is 0 Å². The van der Waals surface area contributed by atoms with Crippen LogP contribution in [0.15, 0.2) is 42.5 Å². The number of fused-ring (bicyclic) bond motifs is 1. The first kappa shape index (κ1) is 21.7. The summed E-state index contributed by atoms with van der Waals surface area (Å²) in [6.45, 7) is 3.80. The Morgan fingerprint density at radius 1 is 1.09 bits per heavy atom. The predicted molar refractivity (Wildman–Crippen MR) is 132 cm³/mol. The summed E-state index contributed by atoms with van der Waals surface area (Å²) in [5, 5.41) is 0.962. The van der Waals surface area contributed by atoms with E-state index in [0.29, 0.717) is 18.9 Å². The first-order chi connectivity index (χ1) is 16.1. The van der Waals surface area contributed by atoms with E-state index in [0.717, 1.165) is 71.8 Å². The number of benzene rings is 2. The van der Waals surface area contributed by atoms with Crippen LogP contribution in [0.4, 0.5) is 11.5 Å². The molecule has 1 unspecified atom stereocenters. The molecule has 0 radical (unpaired) electrons. The van der Waals surface area contributed by atoms with Gasteiger partial charge in [0.05, 0.1) is 12.6 Å². The Hall–Kier alpha value is -3.15. The number of hydrogen-bond donors (Lipinski definition) is 0. The first-order valence-corrected chi connectivity index (χ1v) is 12.0. The SMILES string of the molecule is CCCN(C)c1ccc2nc(C3CC3)nc(N3CCC(c4ccccc4OC)CC3=O)c2c1. The van der Waals surface area contributed by atoms with Gasteiger partial charge in [-0.2, -0.15) is 0 Å². The van der Waals surface area contributed by atoms with Gasteiger partial charge >= 0.3 is 0 Å². The van der Waals surface area contributed by atoms with Gasteiger partial charge in [-0.1, -0.05) is 25.1 Å². The summed E-state index contributed by atoms with van der Waals surface area (Å²) in [5.74, 6) is 3.22. The van der Waals surface area contributed by atoms with E-state index in [1.54, 1.807) is 7.11 Å². The molecule has 1 aliphatic carbocycles. The van der Waals surface area contributed by atoms with Crippen LogP contribution in [-0.2, 0) is 4.79 Å². The monoisotopic (exact) mass is 444 g/mol. The highest BCUT2D eigenvalue weighted by atomic mass is 16.5.